The van der Waals surface area contributed by atoms with Gasteiger partial charge >= 0.3 is 0 Å². The van der Waals surface area contributed by atoms with Crippen LogP contribution in [0.15, 0.2) is 77.7 Å². The Hall–Kier alpha value is -4.25. The van der Waals surface area contributed by atoms with E-state index in [1.807, 2.05) is 0 Å². The van der Waals surface area contributed by atoms with Gasteiger partial charge in [-0.3, -0.25) is 13.9 Å². The van der Waals surface area contributed by atoms with Gasteiger partial charge in [0.2, 0.25) is 11.8 Å². The van der Waals surface area contributed by atoms with Crippen molar-refractivity contribution >= 4 is 27.5 Å². The Balaban J connectivity index is 1.74. The number of anilines is 1. The Morgan fingerprint density at radius 2 is 1.65 bits per heavy atom. The van der Waals surface area contributed by atoms with Gasteiger partial charge in [-0.2, -0.15) is 0 Å². The van der Waals surface area contributed by atoms with Crippen LogP contribution in [-0.2, 0) is 26.2 Å². The number of carbonyl (C=O) groups excluding carboxylic acids is 2. The number of ether oxygens (including phenoxy) is 3. The monoisotopic (exact) mass is 567 g/mol. The van der Waals surface area contributed by atoms with Gasteiger partial charge in [0.15, 0.2) is 11.5 Å². The lowest BCUT2D eigenvalue weighted by atomic mass is 10.1. The highest BCUT2D eigenvalue weighted by atomic mass is 32.2. The summed E-state index contributed by atoms with van der Waals surface area (Å²) in [6.45, 7) is 2.05. The molecule has 0 radical (unpaired) electrons. The van der Waals surface area contributed by atoms with Crippen LogP contribution in [0.2, 0.25) is 0 Å². The molecule has 1 unspecified atom stereocenters. The predicted octanol–water partition coefficient (Wildman–Crippen LogP) is 3.22. The molecule has 3 aromatic carbocycles. The van der Waals surface area contributed by atoms with Gasteiger partial charge in [-0.25, -0.2) is 8.42 Å². The Morgan fingerprint density at radius 1 is 0.975 bits per heavy atom. The highest BCUT2D eigenvalue weighted by molar-refractivity contribution is 7.92. The maximum Gasteiger partial charge on any atom is 0.264 e. The summed E-state index contributed by atoms with van der Waals surface area (Å²) in [5, 5.41) is 2.62. The molecule has 0 aromatic heterocycles. The zero-order valence-corrected chi connectivity index (χ0v) is 23.5. The van der Waals surface area contributed by atoms with E-state index in [9.17, 15) is 18.0 Å². The molecule has 4 rings (SSSR count). The van der Waals surface area contributed by atoms with Crippen LogP contribution >= 0.6 is 0 Å². The lowest BCUT2D eigenvalue weighted by molar-refractivity contribution is -0.140. The first-order valence-corrected chi connectivity index (χ1v) is 14.3. The molecule has 0 saturated carbocycles. The molecule has 0 aliphatic carbocycles. The van der Waals surface area contributed by atoms with Crippen molar-refractivity contribution in [3.05, 3.63) is 78.4 Å². The van der Waals surface area contributed by atoms with E-state index in [1.165, 1.54) is 24.1 Å². The van der Waals surface area contributed by atoms with Crippen LogP contribution in [0.3, 0.4) is 0 Å². The molecule has 1 atom stereocenters. The maximum absolute atomic E-state index is 14.0. The molecule has 40 heavy (non-hydrogen) atoms. The molecule has 0 spiro atoms. The lowest BCUT2D eigenvalue weighted by Crippen LogP contribution is -2.51. The van der Waals surface area contributed by atoms with E-state index < -0.39 is 28.5 Å². The fourth-order valence-electron chi connectivity index (χ4n) is 4.45. The number of fused-ring (bicyclic) bond motifs is 1. The first-order valence-electron chi connectivity index (χ1n) is 12.9. The molecule has 11 heteroatoms. The Kier molecular flexibility index (Phi) is 9.15. The lowest BCUT2D eigenvalue weighted by Gasteiger charge is -2.33. The van der Waals surface area contributed by atoms with Gasteiger partial charge in [-0.15, -0.1) is 0 Å². The number of hydrogen-bond acceptors (Lipinski definition) is 7. The van der Waals surface area contributed by atoms with Crippen molar-refractivity contribution in [1.82, 2.24) is 10.2 Å². The summed E-state index contributed by atoms with van der Waals surface area (Å²) in [4.78, 5) is 28.3. The number of rotatable bonds is 11. The predicted molar refractivity (Wildman–Crippen MR) is 150 cm³/mol. The summed E-state index contributed by atoms with van der Waals surface area (Å²) in [6.07, 6.45) is 0.330. The second kappa shape index (κ2) is 12.7. The van der Waals surface area contributed by atoms with E-state index in [0.717, 1.165) is 9.87 Å². The molecule has 1 aliphatic heterocycles. The molecule has 1 aliphatic rings. The van der Waals surface area contributed by atoms with Gasteiger partial charge in [0.25, 0.3) is 10.0 Å². The molecule has 0 bridgehead atoms. The van der Waals surface area contributed by atoms with Crippen LogP contribution in [0.25, 0.3) is 0 Å². The highest BCUT2D eigenvalue weighted by Gasteiger charge is 2.34. The number of benzene rings is 3. The van der Waals surface area contributed by atoms with Crippen molar-refractivity contribution in [2.24, 2.45) is 0 Å². The summed E-state index contributed by atoms with van der Waals surface area (Å²) in [6, 6.07) is 18.9. The summed E-state index contributed by atoms with van der Waals surface area (Å²) >= 11 is 0. The smallest absolute Gasteiger partial charge is 0.264 e. The Bertz CT molecular complexity index is 1430. The highest BCUT2D eigenvalue weighted by Crippen LogP contribution is 2.36. The molecule has 0 saturated heterocycles. The topological polar surface area (TPSA) is 114 Å². The van der Waals surface area contributed by atoms with E-state index in [2.05, 4.69) is 5.32 Å². The van der Waals surface area contributed by atoms with Gasteiger partial charge < -0.3 is 24.4 Å². The number of likely N-dealkylation sites (N-methyl/N-ethyl adjacent to an activating group) is 1. The Labute approximate surface area is 234 Å². The van der Waals surface area contributed by atoms with Crippen molar-refractivity contribution in [3.63, 3.8) is 0 Å². The first kappa shape index (κ1) is 28.8. The minimum absolute atomic E-state index is 0.0257. The van der Waals surface area contributed by atoms with Crippen LogP contribution in [0, 0.1) is 0 Å². The number of hydrogen-bond donors (Lipinski definition) is 1. The zero-order chi connectivity index (χ0) is 28.7. The summed E-state index contributed by atoms with van der Waals surface area (Å²) in [5.41, 5.74) is 0.993. The van der Waals surface area contributed by atoms with Crippen LogP contribution in [0.5, 0.6) is 17.2 Å². The number of sulfonamides is 1. The molecule has 3 aromatic rings. The average Bonchev–Trinajstić information content (AvgIpc) is 2.99. The van der Waals surface area contributed by atoms with Crippen molar-refractivity contribution in [1.29, 1.82) is 0 Å². The third-order valence-corrected chi connectivity index (χ3v) is 8.36. The van der Waals surface area contributed by atoms with Gasteiger partial charge in [-0.05, 0) is 48.4 Å². The Morgan fingerprint density at radius 3 is 2.27 bits per heavy atom. The van der Waals surface area contributed by atoms with E-state index in [4.69, 9.17) is 14.2 Å². The SMILES string of the molecule is CCC(C(=O)NC)N(Cc1ccc(OC)cc1)C(=O)CN(c1ccc2c(c1)OCCO2)S(=O)(=O)c1ccccc1. The molecule has 2 amide bonds. The van der Waals surface area contributed by atoms with E-state index in [1.54, 1.807) is 74.7 Å². The number of amides is 2. The van der Waals surface area contributed by atoms with Gasteiger partial charge in [0, 0.05) is 19.7 Å². The molecule has 0 fully saturated rings. The van der Waals surface area contributed by atoms with Crippen LogP contribution in [0.1, 0.15) is 18.9 Å². The van der Waals surface area contributed by atoms with Crippen LogP contribution in [0.4, 0.5) is 5.69 Å². The summed E-state index contributed by atoms with van der Waals surface area (Å²) in [5.74, 6) is 0.641. The van der Waals surface area contributed by atoms with Gasteiger partial charge in [-0.1, -0.05) is 37.3 Å². The molecule has 10 nitrogen and oxygen atoms in total. The average molecular weight is 568 g/mol. The minimum atomic E-state index is -4.18. The molecular weight excluding hydrogens is 534 g/mol. The number of nitrogens with one attached hydrogen (secondary N) is 1. The number of carbonyl (C=O) groups is 2. The number of methoxy groups -OCH3 is 1. The van der Waals surface area contributed by atoms with Crippen molar-refractivity contribution < 1.29 is 32.2 Å². The minimum Gasteiger partial charge on any atom is -0.497 e. The van der Waals surface area contributed by atoms with Crippen LogP contribution in [-0.4, -0.2) is 65.1 Å². The third-order valence-electron chi connectivity index (χ3n) is 6.57. The normalized spacial score (nSPS) is 13.2. The summed E-state index contributed by atoms with van der Waals surface area (Å²) < 4.78 is 45.4. The molecular formula is C29H33N3O7S. The van der Waals surface area contributed by atoms with E-state index >= 15 is 0 Å². The second-order valence-electron chi connectivity index (χ2n) is 9.06. The van der Waals surface area contributed by atoms with Crippen molar-refractivity contribution in [2.75, 3.05) is 38.2 Å². The second-order valence-corrected chi connectivity index (χ2v) is 10.9. The summed E-state index contributed by atoms with van der Waals surface area (Å²) in [7, 11) is -1.12. The largest absolute Gasteiger partial charge is 0.497 e. The van der Waals surface area contributed by atoms with Gasteiger partial charge in [0.05, 0.1) is 17.7 Å². The molecule has 1 N–H and O–H groups in total. The van der Waals surface area contributed by atoms with Crippen molar-refractivity contribution in [2.45, 2.75) is 30.8 Å². The molecule has 1 heterocycles. The molecule has 212 valence electrons. The van der Waals surface area contributed by atoms with Gasteiger partial charge in [0.1, 0.15) is 31.5 Å². The van der Waals surface area contributed by atoms with Crippen LogP contribution < -0.4 is 23.8 Å². The third kappa shape index (κ3) is 6.31. The standard InChI is InChI=1S/C29H33N3O7S/c1-4-25(29(34)30-2)31(19-21-10-13-23(37-3)14-11-21)28(33)20-32(40(35,36)24-8-6-5-7-9-24)22-12-15-26-27(18-22)39-17-16-38-26/h5-15,18,25H,4,16-17,19-20H2,1-3H3,(H,30,34). The fourth-order valence-corrected chi connectivity index (χ4v) is 5.88. The zero-order valence-electron chi connectivity index (χ0n) is 22.7. The maximum atomic E-state index is 14.0. The number of nitrogens with zero attached hydrogens (tertiary/aromatic N) is 2. The van der Waals surface area contributed by atoms with Crippen molar-refractivity contribution in [3.8, 4) is 17.2 Å². The van der Waals surface area contributed by atoms with E-state index in [0.29, 0.717) is 36.9 Å². The van der Waals surface area contributed by atoms with E-state index in [-0.39, 0.29) is 23.0 Å². The fraction of sp³-hybridized carbons (Fsp3) is 0.310. The first-order chi connectivity index (χ1) is 19.3. The quantitative estimate of drug-likeness (QED) is 0.378.